The molecule has 1 atom stereocenters. The third-order valence-corrected chi connectivity index (χ3v) is 5.13. The molecule has 0 saturated heterocycles. The Morgan fingerprint density at radius 3 is 2.71 bits per heavy atom. The third-order valence-electron chi connectivity index (χ3n) is 4.80. The molecule has 1 aliphatic heterocycles. The summed E-state index contributed by atoms with van der Waals surface area (Å²) < 4.78 is 0. The molecule has 0 radical (unpaired) electrons. The Bertz CT molecular complexity index is 1080. The van der Waals surface area contributed by atoms with Crippen LogP contribution in [0.1, 0.15) is 22.6 Å². The number of phenols is 2. The summed E-state index contributed by atoms with van der Waals surface area (Å²) in [6.07, 6.45) is 3.79. The summed E-state index contributed by atoms with van der Waals surface area (Å²) >= 11 is 6.36. The van der Waals surface area contributed by atoms with Gasteiger partial charge in [-0.2, -0.15) is 0 Å². The van der Waals surface area contributed by atoms with Gasteiger partial charge in [0, 0.05) is 23.0 Å². The van der Waals surface area contributed by atoms with Crippen molar-refractivity contribution >= 4 is 24.0 Å². The third kappa shape index (κ3) is 3.78. The molecule has 3 aromatic carbocycles. The Labute approximate surface area is 168 Å². The van der Waals surface area contributed by atoms with Crippen LogP contribution in [0.3, 0.4) is 0 Å². The molecule has 28 heavy (non-hydrogen) atoms. The van der Waals surface area contributed by atoms with Crippen LogP contribution in [0.5, 0.6) is 11.5 Å². The first-order valence-corrected chi connectivity index (χ1v) is 9.38. The van der Waals surface area contributed by atoms with Gasteiger partial charge in [-0.25, -0.2) is 0 Å². The highest BCUT2D eigenvalue weighted by Gasteiger charge is 2.17. The quantitative estimate of drug-likeness (QED) is 0.465. The zero-order valence-corrected chi connectivity index (χ0v) is 15.8. The minimum Gasteiger partial charge on any atom is -0.504 e. The average molecular weight is 391 g/mol. The number of hydrogen-bond donors (Lipinski definition) is 2. The summed E-state index contributed by atoms with van der Waals surface area (Å²) in [4.78, 5) is 8.98. The summed E-state index contributed by atoms with van der Waals surface area (Å²) in [6.45, 7) is 1.08. The van der Waals surface area contributed by atoms with Crippen molar-refractivity contribution in [3.05, 3.63) is 82.4 Å². The fourth-order valence-electron chi connectivity index (χ4n) is 3.31. The van der Waals surface area contributed by atoms with E-state index in [2.05, 4.69) is 28.2 Å². The molecule has 1 heterocycles. The van der Waals surface area contributed by atoms with Crippen molar-refractivity contribution in [2.75, 3.05) is 0 Å². The molecule has 1 aliphatic rings. The van der Waals surface area contributed by atoms with Gasteiger partial charge in [0.25, 0.3) is 0 Å². The Morgan fingerprint density at radius 1 is 1.04 bits per heavy atom. The lowest BCUT2D eigenvalue weighted by Gasteiger charge is -2.18. The molecule has 0 saturated carbocycles. The summed E-state index contributed by atoms with van der Waals surface area (Å²) in [7, 11) is 0. The van der Waals surface area contributed by atoms with Gasteiger partial charge in [0.15, 0.2) is 11.5 Å². The molecule has 4 rings (SSSR count). The van der Waals surface area contributed by atoms with Crippen LogP contribution in [0.25, 0.3) is 11.1 Å². The second-order valence-electron chi connectivity index (χ2n) is 6.72. The van der Waals surface area contributed by atoms with Crippen LogP contribution in [0.4, 0.5) is 0 Å². The van der Waals surface area contributed by atoms with E-state index in [0.29, 0.717) is 13.1 Å². The van der Waals surface area contributed by atoms with Crippen molar-refractivity contribution in [1.82, 2.24) is 0 Å². The first kappa shape index (κ1) is 18.3. The van der Waals surface area contributed by atoms with E-state index in [1.54, 1.807) is 6.07 Å². The number of phenolic OH excluding ortho intramolecular Hbond substituents is 2. The maximum atomic E-state index is 9.61. The zero-order chi connectivity index (χ0) is 19.5. The van der Waals surface area contributed by atoms with Gasteiger partial charge in [-0.1, -0.05) is 48.0 Å². The zero-order valence-electron chi connectivity index (χ0n) is 15.1. The number of fused-ring (bicyclic) bond motifs is 1. The molecule has 5 heteroatoms. The number of hydrogen-bond acceptors (Lipinski definition) is 4. The molecule has 0 fully saturated rings. The normalized spacial score (nSPS) is 15.7. The Morgan fingerprint density at radius 2 is 1.89 bits per heavy atom. The van der Waals surface area contributed by atoms with Crippen LogP contribution in [0.15, 0.2) is 70.6 Å². The number of nitrogens with zero attached hydrogens (tertiary/aromatic N) is 2. The maximum absolute atomic E-state index is 9.61. The van der Waals surface area contributed by atoms with Crippen LogP contribution in [0.2, 0.25) is 5.02 Å². The number of halogens is 1. The van der Waals surface area contributed by atoms with Crippen molar-refractivity contribution < 1.29 is 10.2 Å². The topological polar surface area (TPSA) is 65.2 Å². The van der Waals surface area contributed by atoms with Gasteiger partial charge in [0.1, 0.15) is 0 Å². The number of benzene rings is 3. The fourth-order valence-corrected chi connectivity index (χ4v) is 3.56. The summed E-state index contributed by atoms with van der Waals surface area (Å²) in [5.74, 6) is -0.285. The lowest BCUT2D eigenvalue weighted by molar-refractivity contribution is 0.403. The second-order valence-corrected chi connectivity index (χ2v) is 7.13. The molecule has 3 aromatic rings. The molecule has 140 valence electrons. The first-order chi connectivity index (χ1) is 13.6. The van der Waals surface area contributed by atoms with E-state index >= 15 is 0 Å². The van der Waals surface area contributed by atoms with Gasteiger partial charge >= 0.3 is 0 Å². The highest BCUT2D eigenvalue weighted by molar-refractivity contribution is 6.33. The van der Waals surface area contributed by atoms with Crippen LogP contribution >= 0.6 is 11.6 Å². The van der Waals surface area contributed by atoms with Crippen molar-refractivity contribution in [2.24, 2.45) is 9.98 Å². The van der Waals surface area contributed by atoms with Gasteiger partial charge in [0.05, 0.1) is 19.0 Å². The Kier molecular flexibility index (Phi) is 5.13. The van der Waals surface area contributed by atoms with Crippen LogP contribution in [-0.4, -0.2) is 22.6 Å². The highest BCUT2D eigenvalue weighted by Crippen LogP contribution is 2.32. The smallest absolute Gasteiger partial charge is 0.157 e. The van der Waals surface area contributed by atoms with Gasteiger partial charge in [-0.3, -0.25) is 9.98 Å². The highest BCUT2D eigenvalue weighted by atomic mass is 35.5. The minimum absolute atomic E-state index is 0.0168. The summed E-state index contributed by atoms with van der Waals surface area (Å²) in [5, 5.41) is 19.7. The van der Waals surface area contributed by atoms with Crippen LogP contribution in [0, 0.1) is 0 Å². The molecule has 1 unspecified atom stereocenters. The molecule has 0 amide bonds. The Hall–Kier alpha value is -3.11. The van der Waals surface area contributed by atoms with E-state index in [9.17, 15) is 10.2 Å². The fraction of sp³-hybridized carbons (Fsp3) is 0.130. The Balaban J connectivity index is 1.59. The van der Waals surface area contributed by atoms with Crippen LogP contribution < -0.4 is 0 Å². The SMILES string of the molecule is Oc1ccc(CN=CC2C=NCc3ccc(-c4ccccc4Cl)cc32)cc1O. The summed E-state index contributed by atoms with van der Waals surface area (Å²) in [5.41, 5.74) is 5.25. The number of rotatable bonds is 4. The lowest BCUT2D eigenvalue weighted by Crippen LogP contribution is -2.11. The van der Waals surface area contributed by atoms with E-state index in [-0.39, 0.29) is 17.4 Å². The standard InChI is InChI=1S/C23H19ClN2O2/c24-21-4-2-1-3-19(21)16-6-7-17-12-26-14-18(20(17)10-16)13-25-11-15-5-8-22(27)23(28)9-15/h1-10,13-14,18,27-28H,11-12H2. The van der Waals surface area contributed by atoms with Gasteiger partial charge in [0.2, 0.25) is 0 Å². The van der Waals surface area contributed by atoms with E-state index in [0.717, 1.165) is 21.7 Å². The van der Waals surface area contributed by atoms with E-state index in [1.807, 2.05) is 36.7 Å². The maximum Gasteiger partial charge on any atom is 0.157 e. The van der Waals surface area contributed by atoms with Gasteiger partial charge < -0.3 is 10.2 Å². The van der Waals surface area contributed by atoms with Crippen molar-refractivity contribution in [1.29, 1.82) is 0 Å². The monoisotopic (exact) mass is 390 g/mol. The lowest BCUT2D eigenvalue weighted by atomic mass is 9.90. The molecular formula is C23H19ClN2O2. The molecule has 0 spiro atoms. The largest absolute Gasteiger partial charge is 0.504 e. The van der Waals surface area contributed by atoms with Crippen LogP contribution in [-0.2, 0) is 13.1 Å². The minimum atomic E-state index is -0.137. The van der Waals surface area contributed by atoms with Gasteiger partial charge in [-0.15, -0.1) is 0 Å². The van der Waals surface area contributed by atoms with Crippen molar-refractivity contribution in [2.45, 2.75) is 19.0 Å². The molecular weight excluding hydrogens is 372 g/mol. The first-order valence-electron chi connectivity index (χ1n) is 9.00. The van der Waals surface area contributed by atoms with E-state index in [1.165, 1.54) is 23.3 Å². The molecule has 0 aromatic heterocycles. The second kappa shape index (κ2) is 7.87. The number of aliphatic imine (C=N–C) groups is 2. The number of aromatic hydroxyl groups is 2. The molecule has 0 bridgehead atoms. The predicted octanol–water partition coefficient (Wildman–Crippen LogP) is 5.36. The van der Waals surface area contributed by atoms with E-state index in [4.69, 9.17) is 11.6 Å². The van der Waals surface area contributed by atoms with Crippen molar-refractivity contribution in [3.8, 4) is 22.6 Å². The molecule has 4 nitrogen and oxygen atoms in total. The summed E-state index contributed by atoms with van der Waals surface area (Å²) in [6, 6.07) is 18.9. The van der Waals surface area contributed by atoms with Gasteiger partial charge in [-0.05, 0) is 46.5 Å². The molecule has 2 N–H and O–H groups in total. The predicted molar refractivity (Wildman–Crippen MR) is 114 cm³/mol. The average Bonchev–Trinajstić information content (AvgIpc) is 2.71. The van der Waals surface area contributed by atoms with Crippen molar-refractivity contribution in [3.63, 3.8) is 0 Å². The molecule has 0 aliphatic carbocycles. The van der Waals surface area contributed by atoms with E-state index < -0.39 is 0 Å².